The zero-order chi connectivity index (χ0) is 15.8. The predicted molar refractivity (Wildman–Crippen MR) is 78.7 cm³/mol. The molecular formula is C14H20N2O4S. The van der Waals surface area contributed by atoms with Gasteiger partial charge in [-0.1, -0.05) is 6.07 Å². The average molecular weight is 312 g/mol. The molecule has 1 fully saturated rings. The molecule has 1 heterocycles. The number of methoxy groups -OCH3 is 1. The normalized spacial score (nSPS) is 19.1. The van der Waals surface area contributed by atoms with Crippen molar-refractivity contribution in [2.75, 3.05) is 20.2 Å². The van der Waals surface area contributed by atoms with Gasteiger partial charge in [0.2, 0.25) is 15.9 Å². The van der Waals surface area contributed by atoms with Gasteiger partial charge in [-0.3, -0.25) is 4.79 Å². The SMILES string of the molecule is COc1ccc(C)cc1S(=O)(=O)N1CCNC(=O)C1(C)C. The lowest BCUT2D eigenvalue weighted by molar-refractivity contribution is -0.131. The van der Waals surface area contributed by atoms with Crippen molar-refractivity contribution >= 4 is 15.9 Å². The minimum atomic E-state index is -3.82. The van der Waals surface area contributed by atoms with Gasteiger partial charge in [0.15, 0.2) is 0 Å². The third-order valence-corrected chi connectivity index (χ3v) is 5.76. The predicted octanol–water partition coefficient (Wildman–Crippen LogP) is 0.903. The maximum atomic E-state index is 12.9. The highest BCUT2D eigenvalue weighted by molar-refractivity contribution is 7.89. The number of rotatable bonds is 3. The van der Waals surface area contributed by atoms with E-state index in [1.165, 1.54) is 11.4 Å². The number of carbonyl (C=O) groups excluding carboxylic acids is 1. The molecule has 6 nitrogen and oxygen atoms in total. The molecule has 1 N–H and O–H groups in total. The lowest BCUT2D eigenvalue weighted by Crippen LogP contribution is -2.63. The van der Waals surface area contributed by atoms with Gasteiger partial charge in [-0.25, -0.2) is 8.42 Å². The Morgan fingerprint density at radius 1 is 1.33 bits per heavy atom. The van der Waals surface area contributed by atoms with Crippen molar-refractivity contribution in [1.29, 1.82) is 0 Å². The summed E-state index contributed by atoms with van der Waals surface area (Å²) in [5, 5.41) is 2.69. The molecule has 116 valence electrons. The zero-order valence-electron chi connectivity index (χ0n) is 12.6. The van der Waals surface area contributed by atoms with Gasteiger partial charge in [0.1, 0.15) is 16.2 Å². The lowest BCUT2D eigenvalue weighted by Gasteiger charge is -2.40. The van der Waals surface area contributed by atoms with Gasteiger partial charge in [0, 0.05) is 13.1 Å². The molecule has 1 amide bonds. The Labute approximate surface area is 125 Å². The number of benzene rings is 1. The van der Waals surface area contributed by atoms with E-state index in [-0.39, 0.29) is 23.1 Å². The van der Waals surface area contributed by atoms with Gasteiger partial charge < -0.3 is 10.1 Å². The molecule has 0 saturated carbocycles. The summed E-state index contributed by atoms with van der Waals surface area (Å²) in [6, 6.07) is 4.97. The Morgan fingerprint density at radius 3 is 2.62 bits per heavy atom. The Hall–Kier alpha value is -1.60. The quantitative estimate of drug-likeness (QED) is 0.900. The van der Waals surface area contributed by atoms with Crippen LogP contribution in [0.25, 0.3) is 0 Å². The zero-order valence-corrected chi connectivity index (χ0v) is 13.5. The van der Waals surface area contributed by atoms with Crippen LogP contribution in [-0.4, -0.2) is 44.4 Å². The van der Waals surface area contributed by atoms with E-state index >= 15 is 0 Å². The van der Waals surface area contributed by atoms with Crippen LogP contribution in [0.5, 0.6) is 5.75 Å². The largest absolute Gasteiger partial charge is 0.495 e. The summed E-state index contributed by atoms with van der Waals surface area (Å²) in [4.78, 5) is 12.1. The fourth-order valence-electron chi connectivity index (χ4n) is 2.40. The van der Waals surface area contributed by atoms with Crippen molar-refractivity contribution in [3.8, 4) is 5.75 Å². The van der Waals surface area contributed by atoms with E-state index in [0.29, 0.717) is 6.54 Å². The molecule has 1 aliphatic heterocycles. The van der Waals surface area contributed by atoms with Crippen molar-refractivity contribution in [2.45, 2.75) is 31.2 Å². The van der Waals surface area contributed by atoms with Crippen LogP contribution in [0.2, 0.25) is 0 Å². The number of nitrogens with zero attached hydrogens (tertiary/aromatic N) is 1. The van der Waals surface area contributed by atoms with Gasteiger partial charge in [0.25, 0.3) is 0 Å². The Balaban J connectivity index is 2.57. The number of hydrogen-bond donors (Lipinski definition) is 1. The van der Waals surface area contributed by atoms with Crippen LogP contribution in [0.15, 0.2) is 23.1 Å². The summed E-state index contributed by atoms with van der Waals surface area (Å²) in [5.41, 5.74) is -0.320. The minimum absolute atomic E-state index is 0.0905. The monoisotopic (exact) mass is 312 g/mol. The number of ether oxygens (including phenoxy) is 1. The molecule has 0 radical (unpaired) electrons. The molecule has 21 heavy (non-hydrogen) atoms. The summed E-state index contributed by atoms with van der Waals surface area (Å²) in [6.07, 6.45) is 0. The van der Waals surface area contributed by atoms with Crippen molar-refractivity contribution in [1.82, 2.24) is 9.62 Å². The maximum Gasteiger partial charge on any atom is 0.247 e. The Bertz CT molecular complexity index is 668. The molecule has 1 aromatic rings. The van der Waals surface area contributed by atoms with Crippen LogP contribution in [0.1, 0.15) is 19.4 Å². The number of nitrogens with one attached hydrogen (secondary N) is 1. The van der Waals surface area contributed by atoms with E-state index < -0.39 is 15.6 Å². The van der Waals surface area contributed by atoms with Crippen LogP contribution in [0, 0.1) is 6.92 Å². The van der Waals surface area contributed by atoms with Crippen molar-refractivity contribution in [2.24, 2.45) is 0 Å². The molecule has 0 aromatic heterocycles. The van der Waals surface area contributed by atoms with E-state index in [0.717, 1.165) is 5.56 Å². The molecule has 1 aliphatic rings. The van der Waals surface area contributed by atoms with Crippen LogP contribution >= 0.6 is 0 Å². The molecule has 1 aromatic carbocycles. The van der Waals surface area contributed by atoms with E-state index in [2.05, 4.69) is 5.32 Å². The van der Waals surface area contributed by atoms with E-state index in [4.69, 9.17) is 4.74 Å². The van der Waals surface area contributed by atoms with Gasteiger partial charge >= 0.3 is 0 Å². The molecule has 0 atom stereocenters. The third kappa shape index (κ3) is 2.63. The highest BCUT2D eigenvalue weighted by Gasteiger charge is 2.45. The van der Waals surface area contributed by atoms with E-state index in [9.17, 15) is 13.2 Å². The maximum absolute atomic E-state index is 12.9. The summed E-state index contributed by atoms with van der Waals surface area (Å²) in [7, 11) is -2.39. The summed E-state index contributed by atoms with van der Waals surface area (Å²) < 4.78 is 32.3. The standard InChI is InChI=1S/C14H20N2O4S/c1-10-5-6-11(20-4)12(9-10)21(18,19)16-8-7-15-13(17)14(16,2)3/h5-6,9H,7-8H2,1-4H3,(H,15,17). The summed E-state index contributed by atoms with van der Waals surface area (Å²) in [6.45, 7) is 5.54. The molecular weight excluding hydrogens is 292 g/mol. The van der Waals surface area contributed by atoms with Crippen LogP contribution in [0.3, 0.4) is 0 Å². The summed E-state index contributed by atoms with van der Waals surface area (Å²) in [5.74, 6) is -0.0219. The van der Waals surface area contributed by atoms with Crippen LogP contribution in [0.4, 0.5) is 0 Å². The number of hydrogen-bond acceptors (Lipinski definition) is 4. The fourth-order valence-corrected chi connectivity index (χ4v) is 4.40. The van der Waals surface area contributed by atoms with Gasteiger partial charge in [0.05, 0.1) is 7.11 Å². The number of piperazine rings is 1. The molecule has 7 heteroatoms. The third-order valence-electron chi connectivity index (χ3n) is 3.67. The van der Waals surface area contributed by atoms with E-state index in [1.54, 1.807) is 32.0 Å². The first-order chi connectivity index (χ1) is 9.71. The van der Waals surface area contributed by atoms with Crippen LogP contribution in [-0.2, 0) is 14.8 Å². The molecule has 0 aliphatic carbocycles. The Kier molecular flexibility index (Phi) is 3.99. The van der Waals surface area contributed by atoms with Gasteiger partial charge in [-0.2, -0.15) is 4.31 Å². The highest BCUT2D eigenvalue weighted by Crippen LogP contribution is 2.32. The van der Waals surface area contributed by atoms with Gasteiger partial charge in [-0.05, 0) is 38.5 Å². The first kappa shape index (κ1) is 15.8. The number of amides is 1. The second-order valence-corrected chi connectivity index (χ2v) is 7.38. The molecule has 1 saturated heterocycles. The van der Waals surface area contributed by atoms with Crippen molar-refractivity contribution in [3.05, 3.63) is 23.8 Å². The van der Waals surface area contributed by atoms with Gasteiger partial charge in [-0.15, -0.1) is 0 Å². The first-order valence-electron chi connectivity index (χ1n) is 6.67. The summed E-state index contributed by atoms with van der Waals surface area (Å²) >= 11 is 0. The average Bonchev–Trinajstić information content (AvgIpc) is 2.41. The van der Waals surface area contributed by atoms with Crippen LogP contribution < -0.4 is 10.1 Å². The molecule has 0 unspecified atom stereocenters. The lowest BCUT2D eigenvalue weighted by atomic mass is 10.0. The second-order valence-electron chi connectivity index (χ2n) is 5.55. The van der Waals surface area contributed by atoms with Crippen molar-refractivity contribution in [3.63, 3.8) is 0 Å². The molecule has 0 bridgehead atoms. The van der Waals surface area contributed by atoms with E-state index in [1.807, 2.05) is 6.92 Å². The molecule has 2 rings (SSSR count). The fraction of sp³-hybridized carbons (Fsp3) is 0.500. The van der Waals surface area contributed by atoms with Crippen molar-refractivity contribution < 1.29 is 17.9 Å². The first-order valence-corrected chi connectivity index (χ1v) is 8.11. The minimum Gasteiger partial charge on any atom is -0.495 e. The topological polar surface area (TPSA) is 75.7 Å². The highest BCUT2D eigenvalue weighted by atomic mass is 32.2. The number of carbonyl (C=O) groups is 1. The Morgan fingerprint density at radius 2 is 2.00 bits per heavy atom. The number of aryl methyl sites for hydroxylation is 1. The molecule has 0 spiro atoms. The smallest absolute Gasteiger partial charge is 0.247 e. The number of sulfonamides is 1. The second kappa shape index (κ2) is 5.31.